The molecule has 0 radical (unpaired) electrons. The zero-order chi connectivity index (χ0) is 13.4. The molecule has 0 saturated heterocycles. The van der Waals surface area contributed by atoms with E-state index in [4.69, 9.17) is 0 Å². The molecular weight excluding hydrogens is 264 g/mol. The Morgan fingerprint density at radius 1 is 1.63 bits per heavy atom. The van der Waals surface area contributed by atoms with Crippen LogP contribution in [0.25, 0.3) is 0 Å². The van der Waals surface area contributed by atoms with E-state index < -0.39 is 4.92 Å². The molecule has 0 amide bonds. The lowest BCUT2D eigenvalue weighted by molar-refractivity contribution is -0.388. The fraction of sp³-hybridized carbons (Fsp3) is 0.417. The van der Waals surface area contributed by atoms with Gasteiger partial charge in [-0.1, -0.05) is 0 Å². The summed E-state index contributed by atoms with van der Waals surface area (Å²) in [5, 5.41) is 16.3. The zero-order valence-corrected chi connectivity index (χ0v) is 11.3. The average molecular weight is 278 g/mol. The topological polar surface area (TPSA) is 73.0 Å². The van der Waals surface area contributed by atoms with Crippen LogP contribution in [0.3, 0.4) is 0 Å². The van der Waals surface area contributed by atoms with Gasteiger partial charge < -0.3 is 15.4 Å². The van der Waals surface area contributed by atoms with E-state index in [1.54, 1.807) is 23.0 Å². The van der Waals surface area contributed by atoms with Gasteiger partial charge in [0.2, 0.25) is 12.1 Å². The first-order valence-electron chi connectivity index (χ1n) is 6.15. The third-order valence-corrected chi connectivity index (χ3v) is 4.45. The van der Waals surface area contributed by atoms with E-state index in [2.05, 4.69) is 21.7 Å². The van der Waals surface area contributed by atoms with Crippen molar-refractivity contribution in [2.45, 2.75) is 25.3 Å². The van der Waals surface area contributed by atoms with Gasteiger partial charge in [-0.15, -0.1) is 11.3 Å². The SMILES string of the molecule is Cn1cnc([N+](=O)[O-])c1NC1CCCc2sccc21. The van der Waals surface area contributed by atoms with Crippen LogP contribution >= 0.6 is 11.3 Å². The number of nitrogens with zero attached hydrogens (tertiary/aromatic N) is 3. The van der Waals surface area contributed by atoms with E-state index in [1.807, 2.05) is 0 Å². The average Bonchev–Trinajstić information content (AvgIpc) is 2.97. The fourth-order valence-corrected chi connectivity index (χ4v) is 3.51. The molecule has 19 heavy (non-hydrogen) atoms. The van der Waals surface area contributed by atoms with E-state index in [1.165, 1.54) is 16.8 Å². The van der Waals surface area contributed by atoms with Crippen LogP contribution in [-0.4, -0.2) is 14.5 Å². The first-order chi connectivity index (χ1) is 9.16. The summed E-state index contributed by atoms with van der Waals surface area (Å²) < 4.78 is 1.67. The van der Waals surface area contributed by atoms with E-state index in [0.717, 1.165) is 19.3 Å². The number of aryl methyl sites for hydroxylation is 2. The first kappa shape index (κ1) is 12.2. The van der Waals surface area contributed by atoms with Gasteiger partial charge in [-0.3, -0.25) is 4.57 Å². The van der Waals surface area contributed by atoms with E-state index in [9.17, 15) is 10.1 Å². The molecule has 6 nitrogen and oxygen atoms in total. The summed E-state index contributed by atoms with van der Waals surface area (Å²) in [6.07, 6.45) is 4.68. The molecule has 0 aliphatic heterocycles. The molecule has 1 aliphatic carbocycles. The Morgan fingerprint density at radius 3 is 3.26 bits per heavy atom. The summed E-state index contributed by atoms with van der Waals surface area (Å²) in [6, 6.07) is 2.25. The molecule has 7 heteroatoms. The Labute approximate surface area is 114 Å². The molecular formula is C12H14N4O2S. The number of nitrogens with one attached hydrogen (secondary N) is 1. The van der Waals surface area contributed by atoms with Crippen LogP contribution in [-0.2, 0) is 13.5 Å². The Morgan fingerprint density at radius 2 is 2.47 bits per heavy atom. The van der Waals surface area contributed by atoms with Crippen LogP contribution in [0.4, 0.5) is 11.6 Å². The highest BCUT2D eigenvalue weighted by molar-refractivity contribution is 7.10. The third kappa shape index (κ3) is 2.10. The van der Waals surface area contributed by atoms with E-state index in [-0.39, 0.29) is 11.9 Å². The number of aromatic nitrogens is 2. The number of rotatable bonds is 3. The molecule has 2 aromatic heterocycles. The number of hydrogen-bond acceptors (Lipinski definition) is 5. The maximum Gasteiger partial charge on any atom is 0.406 e. The van der Waals surface area contributed by atoms with Crippen LogP contribution in [0.2, 0.25) is 0 Å². The van der Waals surface area contributed by atoms with Crippen molar-refractivity contribution in [1.29, 1.82) is 0 Å². The predicted molar refractivity (Wildman–Crippen MR) is 73.5 cm³/mol. The van der Waals surface area contributed by atoms with Gasteiger partial charge in [0.25, 0.3) is 0 Å². The number of nitro groups is 1. The lowest BCUT2D eigenvalue weighted by Gasteiger charge is -2.24. The minimum Gasteiger partial charge on any atom is -0.358 e. The number of anilines is 1. The Bertz CT molecular complexity index is 619. The standard InChI is InChI=1S/C12H14N4O2S/c1-15-7-13-11(16(17)18)12(15)14-9-3-2-4-10-8(9)5-6-19-10/h5-7,9,14H,2-4H2,1H3. The smallest absolute Gasteiger partial charge is 0.358 e. The molecule has 0 aromatic carbocycles. The summed E-state index contributed by atoms with van der Waals surface area (Å²) in [7, 11) is 1.76. The van der Waals surface area contributed by atoms with Crippen molar-refractivity contribution in [3.8, 4) is 0 Å². The molecule has 2 aromatic rings. The second-order valence-electron chi connectivity index (χ2n) is 4.67. The number of imidazole rings is 1. The van der Waals surface area contributed by atoms with Gasteiger partial charge >= 0.3 is 5.82 Å². The van der Waals surface area contributed by atoms with Crippen molar-refractivity contribution in [2.75, 3.05) is 5.32 Å². The molecule has 2 heterocycles. The Balaban J connectivity index is 1.91. The van der Waals surface area contributed by atoms with E-state index >= 15 is 0 Å². The Hall–Kier alpha value is -1.89. The summed E-state index contributed by atoms with van der Waals surface area (Å²) in [6.45, 7) is 0. The molecule has 1 N–H and O–H groups in total. The highest BCUT2D eigenvalue weighted by atomic mass is 32.1. The second kappa shape index (κ2) is 4.65. The number of fused-ring (bicyclic) bond motifs is 1. The molecule has 3 rings (SSSR count). The molecule has 0 spiro atoms. The van der Waals surface area contributed by atoms with Gasteiger partial charge in [0.15, 0.2) is 0 Å². The molecule has 0 saturated carbocycles. The maximum absolute atomic E-state index is 11.0. The lowest BCUT2D eigenvalue weighted by atomic mass is 9.94. The molecule has 1 aliphatic rings. The molecule has 0 bridgehead atoms. The third-order valence-electron chi connectivity index (χ3n) is 3.45. The van der Waals surface area contributed by atoms with Gasteiger partial charge in [-0.2, -0.15) is 0 Å². The minimum atomic E-state index is -0.445. The summed E-state index contributed by atoms with van der Waals surface area (Å²) in [5.74, 6) is 0.374. The largest absolute Gasteiger partial charge is 0.406 e. The van der Waals surface area contributed by atoms with Crippen molar-refractivity contribution in [1.82, 2.24) is 9.55 Å². The van der Waals surface area contributed by atoms with Crippen molar-refractivity contribution in [3.05, 3.63) is 38.3 Å². The maximum atomic E-state index is 11.0. The molecule has 1 unspecified atom stereocenters. The van der Waals surface area contributed by atoms with Gasteiger partial charge in [0.1, 0.15) is 0 Å². The predicted octanol–water partition coefficient (Wildman–Crippen LogP) is 2.88. The Kier molecular flexibility index (Phi) is 2.98. The van der Waals surface area contributed by atoms with Crippen LogP contribution in [0.15, 0.2) is 17.8 Å². The van der Waals surface area contributed by atoms with Gasteiger partial charge in [0.05, 0.1) is 6.04 Å². The number of hydrogen-bond donors (Lipinski definition) is 1. The summed E-state index contributed by atoms with van der Waals surface area (Å²) in [4.78, 5) is 15.7. The molecule has 100 valence electrons. The van der Waals surface area contributed by atoms with Crippen molar-refractivity contribution < 1.29 is 4.92 Å². The highest BCUT2D eigenvalue weighted by Crippen LogP contribution is 2.36. The zero-order valence-electron chi connectivity index (χ0n) is 10.5. The molecule has 0 fully saturated rings. The van der Waals surface area contributed by atoms with Crippen LogP contribution in [0.5, 0.6) is 0 Å². The monoisotopic (exact) mass is 278 g/mol. The lowest BCUT2D eigenvalue weighted by Crippen LogP contribution is -2.17. The molecule has 1 atom stereocenters. The van der Waals surface area contributed by atoms with E-state index in [0.29, 0.717) is 5.82 Å². The van der Waals surface area contributed by atoms with Gasteiger partial charge in [-0.05, 0) is 46.2 Å². The van der Waals surface area contributed by atoms with Crippen molar-refractivity contribution in [2.24, 2.45) is 7.05 Å². The van der Waals surface area contributed by atoms with Gasteiger partial charge in [-0.25, -0.2) is 0 Å². The highest BCUT2D eigenvalue weighted by Gasteiger charge is 2.26. The summed E-state index contributed by atoms with van der Waals surface area (Å²) in [5.41, 5.74) is 1.27. The minimum absolute atomic E-state index is 0.107. The van der Waals surface area contributed by atoms with Crippen LogP contribution in [0.1, 0.15) is 29.3 Å². The first-order valence-corrected chi connectivity index (χ1v) is 7.03. The quantitative estimate of drug-likeness (QED) is 0.692. The summed E-state index contributed by atoms with van der Waals surface area (Å²) >= 11 is 1.76. The van der Waals surface area contributed by atoms with Crippen LogP contribution in [0, 0.1) is 10.1 Å². The van der Waals surface area contributed by atoms with Crippen molar-refractivity contribution in [3.63, 3.8) is 0 Å². The van der Waals surface area contributed by atoms with Gasteiger partial charge in [0, 0.05) is 11.9 Å². The normalized spacial score (nSPS) is 18.1. The second-order valence-corrected chi connectivity index (χ2v) is 5.67. The van der Waals surface area contributed by atoms with Crippen LogP contribution < -0.4 is 5.32 Å². The van der Waals surface area contributed by atoms with Crippen molar-refractivity contribution >= 4 is 23.0 Å². The number of thiophene rings is 1. The fourth-order valence-electron chi connectivity index (χ4n) is 2.52.